The fourth-order valence-corrected chi connectivity index (χ4v) is 3.86. The van der Waals surface area contributed by atoms with E-state index in [1.807, 2.05) is 17.8 Å². The Morgan fingerprint density at radius 1 is 1.39 bits per heavy atom. The summed E-state index contributed by atoms with van der Waals surface area (Å²) in [5, 5.41) is 0.774. The maximum Gasteiger partial charge on any atom is 0.201 e. The minimum atomic E-state index is 0.522. The normalized spacial score (nSPS) is 23.9. The molecule has 0 bridgehead atoms. The Bertz CT molecular complexity index is 576. The number of thioether (sulfide) groups is 1. The molecule has 2 N–H and O–H groups in total. The average molecular weight is 261 g/mol. The molecular formula is C14H19N3S. The molecule has 3 nitrogen and oxygen atoms in total. The van der Waals surface area contributed by atoms with E-state index >= 15 is 0 Å². The molecule has 1 heterocycles. The maximum atomic E-state index is 6.13. The van der Waals surface area contributed by atoms with E-state index in [4.69, 9.17) is 5.73 Å². The standard InChI is InChI=1S/C14H19N3S/c1-9-4-3-5-12-13(9)17(14(15)16-12)10-6-7-11(8-10)18-2/h3-5,10-11H,6-8H2,1-2H3,(H2,15,16). The van der Waals surface area contributed by atoms with Gasteiger partial charge in [0.1, 0.15) is 0 Å². The molecule has 2 atom stereocenters. The van der Waals surface area contributed by atoms with Crippen molar-refractivity contribution in [1.29, 1.82) is 0 Å². The van der Waals surface area contributed by atoms with Crippen molar-refractivity contribution < 1.29 is 0 Å². The van der Waals surface area contributed by atoms with Gasteiger partial charge in [0.05, 0.1) is 11.0 Å². The Morgan fingerprint density at radius 3 is 2.94 bits per heavy atom. The number of hydrogen-bond donors (Lipinski definition) is 1. The zero-order chi connectivity index (χ0) is 12.7. The summed E-state index contributed by atoms with van der Waals surface area (Å²) in [6.45, 7) is 2.14. The van der Waals surface area contributed by atoms with Crippen molar-refractivity contribution in [2.45, 2.75) is 37.5 Å². The molecule has 1 fully saturated rings. The van der Waals surface area contributed by atoms with Gasteiger partial charge in [-0.25, -0.2) is 4.98 Å². The lowest BCUT2D eigenvalue weighted by Gasteiger charge is -2.16. The van der Waals surface area contributed by atoms with E-state index in [-0.39, 0.29) is 0 Å². The molecule has 4 heteroatoms. The molecule has 0 saturated heterocycles. The summed E-state index contributed by atoms with van der Waals surface area (Å²) in [6.07, 6.45) is 5.92. The number of aromatic nitrogens is 2. The predicted octanol–water partition coefficient (Wildman–Crippen LogP) is 3.38. The first-order chi connectivity index (χ1) is 8.70. The van der Waals surface area contributed by atoms with Crippen LogP contribution in [0.4, 0.5) is 5.95 Å². The topological polar surface area (TPSA) is 43.8 Å². The second kappa shape index (κ2) is 4.50. The van der Waals surface area contributed by atoms with Crippen molar-refractivity contribution in [3.63, 3.8) is 0 Å². The zero-order valence-corrected chi connectivity index (χ0v) is 11.7. The predicted molar refractivity (Wildman–Crippen MR) is 79.1 cm³/mol. The SMILES string of the molecule is CSC1CCC(n2c(N)nc3cccc(C)c32)C1. The van der Waals surface area contributed by atoms with Gasteiger partial charge in [-0.15, -0.1) is 0 Å². The molecule has 3 rings (SSSR count). The summed E-state index contributed by atoms with van der Waals surface area (Å²) in [4.78, 5) is 4.50. The number of imidazole rings is 1. The quantitative estimate of drug-likeness (QED) is 0.901. The minimum Gasteiger partial charge on any atom is -0.369 e. The summed E-state index contributed by atoms with van der Waals surface area (Å²) in [6, 6.07) is 6.76. The van der Waals surface area contributed by atoms with Crippen molar-refractivity contribution in [1.82, 2.24) is 9.55 Å². The second-order valence-corrected chi connectivity index (χ2v) is 6.25. The van der Waals surface area contributed by atoms with Crippen molar-refractivity contribution in [3.8, 4) is 0 Å². The van der Waals surface area contributed by atoms with Crippen molar-refractivity contribution in [3.05, 3.63) is 23.8 Å². The summed E-state index contributed by atoms with van der Waals surface area (Å²) in [7, 11) is 0. The number of nitrogens with zero attached hydrogens (tertiary/aromatic N) is 2. The molecule has 1 aliphatic carbocycles. The van der Waals surface area contributed by atoms with Gasteiger partial charge in [-0.2, -0.15) is 11.8 Å². The Kier molecular flexibility index (Phi) is 2.98. The fourth-order valence-electron chi connectivity index (χ4n) is 3.07. The largest absolute Gasteiger partial charge is 0.369 e. The van der Waals surface area contributed by atoms with Crippen LogP contribution < -0.4 is 5.73 Å². The van der Waals surface area contributed by atoms with Gasteiger partial charge >= 0.3 is 0 Å². The highest BCUT2D eigenvalue weighted by molar-refractivity contribution is 7.99. The lowest BCUT2D eigenvalue weighted by Crippen LogP contribution is -2.10. The van der Waals surface area contributed by atoms with E-state index in [1.54, 1.807) is 0 Å². The number of anilines is 1. The second-order valence-electron chi connectivity index (χ2n) is 5.11. The van der Waals surface area contributed by atoms with Crippen LogP contribution in [0.1, 0.15) is 30.9 Å². The molecule has 2 aromatic rings. The molecular weight excluding hydrogens is 242 g/mol. The monoisotopic (exact) mass is 261 g/mol. The number of benzene rings is 1. The van der Waals surface area contributed by atoms with E-state index < -0.39 is 0 Å². The maximum absolute atomic E-state index is 6.13. The van der Waals surface area contributed by atoms with E-state index in [9.17, 15) is 0 Å². The first-order valence-electron chi connectivity index (χ1n) is 6.46. The Hall–Kier alpha value is -1.16. The van der Waals surface area contributed by atoms with Crippen molar-refractivity contribution in [2.75, 3.05) is 12.0 Å². The molecule has 0 radical (unpaired) electrons. The van der Waals surface area contributed by atoms with Crippen LogP contribution in [0.25, 0.3) is 11.0 Å². The molecule has 18 heavy (non-hydrogen) atoms. The Balaban J connectivity index is 2.09. The van der Waals surface area contributed by atoms with Gasteiger partial charge in [-0.05, 0) is 44.1 Å². The van der Waals surface area contributed by atoms with Crippen LogP contribution in [0.2, 0.25) is 0 Å². The zero-order valence-electron chi connectivity index (χ0n) is 10.9. The average Bonchev–Trinajstić information content (AvgIpc) is 2.92. The summed E-state index contributed by atoms with van der Waals surface area (Å²) in [5.41, 5.74) is 9.65. The third-order valence-corrected chi connectivity index (χ3v) is 5.09. The third-order valence-electron chi connectivity index (χ3n) is 3.99. The molecule has 1 saturated carbocycles. The van der Waals surface area contributed by atoms with Gasteiger partial charge < -0.3 is 10.3 Å². The summed E-state index contributed by atoms with van der Waals surface area (Å²) >= 11 is 1.97. The van der Waals surface area contributed by atoms with Crippen LogP contribution in [0, 0.1) is 6.92 Å². The number of nitrogen functional groups attached to an aromatic ring is 1. The first-order valence-corrected chi connectivity index (χ1v) is 7.75. The molecule has 2 unspecified atom stereocenters. The van der Waals surface area contributed by atoms with E-state index in [0.717, 1.165) is 10.8 Å². The highest BCUT2D eigenvalue weighted by Crippen LogP contribution is 2.39. The van der Waals surface area contributed by atoms with Gasteiger partial charge in [0.25, 0.3) is 0 Å². The van der Waals surface area contributed by atoms with Gasteiger partial charge in [-0.3, -0.25) is 0 Å². The number of fused-ring (bicyclic) bond motifs is 1. The van der Waals surface area contributed by atoms with Gasteiger partial charge in [0, 0.05) is 11.3 Å². The lowest BCUT2D eigenvalue weighted by atomic mass is 10.2. The fraction of sp³-hybridized carbons (Fsp3) is 0.500. The number of para-hydroxylation sites is 1. The molecule has 96 valence electrons. The van der Waals surface area contributed by atoms with Crippen LogP contribution in [-0.2, 0) is 0 Å². The smallest absolute Gasteiger partial charge is 0.201 e. The van der Waals surface area contributed by atoms with E-state index in [2.05, 4.69) is 34.9 Å². The highest BCUT2D eigenvalue weighted by atomic mass is 32.2. The molecule has 0 amide bonds. The van der Waals surface area contributed by atoms with Crippen molar-refractivity contribution in [2.24, 2.45) is 0 Å². The Morgan fingerprint density at radius 2 is 2.22 bits per heavy atom. The van der Waals surface area contributed by atoms with Gasteiger partial charge in [0.2, 0.25) is 5.95 Å². The van der Waals surface area contributed by atoms with E-state index in [1.165, 1.54) is 30.3 Å². The molecule has 1 aromatic heterocycles. The number of aryl methyl sites for hydroxylation is 1. The first kappa shape index (κ1) is 11.9. The minimum absolute atomic E-state index is 0.522. The number of hydrogen-bond acceptors (Lipinski definition) is 3. The molecule has 0 spiro atoms. The van der Waals surface area contributed by atoms with Crippen LogP contribution in [-0.4, -0.2) is 21.1 Å². The number of nitrogens with two attached hydrogens (primary N) is 1. The molecule has 1 aromatic carbocycles. The summed E-state index contributed by atoms with van der Waals surface area (Å²) in [5.74, 6) is 0.672. The Labute approximate surface area is 112 Å². The van der Waals surface area contributed by atoms with Crippen LogP contribution in [0.15, 0.2) is 18.2 Å². The number of rotatable bonds is 2. The van der Waals surface area contributed by atoms with Gasteiger partial charge in [0.15, 0.2) is 0 Å². The van der Waals surface area contributed by atoms with Crippen LogP contribution in [0.5, 0.6) is 0 Å². The lowest BCUT2D eigenvalue weighted by molar-refractivity contribution is 0.540. The molecule has 1 aliphatic rings. The highest BCUT2D eigenvalue weighted by Gasteiger charge is 2.28. The third kappa shape index (κ3) is 1.79. The van der Waals surface area contributed by atoms with Crippen LogP contribution in [0.3, 0.4) is 0 Å². The summed E-state index contributed by atoms with van der Waals surface area (Å²) < 4.78 is 2.26. The van der Waals surface area contributed by atoms with Gasteiger partial charge in [-0.1, -0.05) is 12.1 Å². The van der Waals surface area contributed by atoms with Crippen LogP contribution >= 0.6 is 11.8 Å². The van der Waals surface area contributed by atoms with Crippen molar-refractivity contribution >= 4 is 28.7 Å². The van der Waals surface area contributed by atoms with E-state index in [0.29, 0.717) is 12.0 Å². The molecule has 0 aliphatic heterocycles.